The molecule has 7 heteroatoms. The molecule has 4 rings (SSSR count). The number of para-hydroxylation sites is 2. The van der Waals surface area contributed by atoms with Crippen molar-refractivity contribution in [2.45, 2.75) is 17.4 Å². The number of rotatable bonds is 4. The Kier molecular flexibility index (Phi) is 3.00. The lowest BCUT2D eigenvalue weighted by atomic mass is 10.2. The standard InChI is InChI=1S/C13H12N2O4S/c1-2-4-10-9(3-1)17-6-11(18-10)12-14-15-13(19-12)20-7-8-5-16-8/h1-4,8,11H,5-7H2/t8-,11-/m1/s1. The third-order valence-corrected chi connectivity index (χ3v) is 3.95. The zero-order chi connectivity index (χ0) is 13.4. The van der Waals surface area contributed by atoms with Crippen molar-refractivity contribution in [2.24, 2.45) is 0 Å². The molecule has 2 aliphatic heterocycles. The molecule has 0 amide bonds. The molecule has 0 spiro atoms. The Hall–Kier alpha value is -1.73. The first-order chi connectivity index (χ1) is 9.88. The summed E-state index contributed by atoms with van der Waals surface area (Å²) in [6.07, 6.45) is -0.0274. The number of aromatic nitrogens is 2. The Morgan fingerprint density at radius 1 is 1.15 bits per heavy atom. The largest absolute Gasteiger partial charge is 0.485 e. The first-order valence-electron chi connectivity index (χ1n) is 6.35. The lowest BCUT2D eigenvalue weighted by molar-refractivity contribution is 0.0686. The van der Waals surface area contributed by atoms with Gasteiger partial charge in [0.05, 0.1) is 12.7 Å². The minimum absolute atomic E-state index is 0.330. The molecular weight excluding hydrogens is 280 g/mol. The Morgan fingerprint density at radius 3 is 2.85 bits per heavy atom. The maximum Gasteiger partial charge on any atom is 0.276 e. The predicted octanol–water partition coefficient (Wildman–Crippen LogP) is 2.07. The molecule has 6 nitrogen and oxygen atoms in total. The first kappa shape index (κ1) is 12.0. The summed E-state index contributed by atoms with van der Waals surface area (Å²) < 4.78 is 22.2. The number of epoxide rings is 1. The zero-order valence-corrected chi connectivity index (χ0v) is 11.3. The van der Waals surface area contributed by atoms with Crippen LogP contribution in [0.3, 0.4) is 0 Å². The van der Waals surface area contributed by atoms with Gasteiger partial charge in [-0.25, -0.2) is 0 Å². The van der Waals surface area contributed by atoms with Gasteiger partial charge in [-0.3, -0.25) is 0 Å². The normalized spacial score (nSPS) is 23.6. The van der Waals surface area contributed by atoms with E-state index in [9.17, 15) is 0 Å². The van der Waals surface area contributed by atoms with Gasteiger partial charge in [-0.2, -0.15) is 0 Å². The summed E-state index contributed by atoms with van der Waals surface area (Å²) >= 11 is 1.50. The Morgan fingerprint density at radius 2 is 2.00 bits per heavy atom. The number of benzene rings is 1. The molecular formula is C13H12N2O4S. The van der Waals surface area contributed by atoms with Crippen LogP contribution < -0.4 is 9.47 Å². The van der Waals surface area contributed by atoms with E-state index in [4.69, 9.17) is 18.6 Å². The first-order valence-corrected chi connectivity index (χ1v) is 7.33. The molecule has 2 aromatic rings. The van der Waals surface area contributed by atoms with Crippen LogP contribution in [-0.2, 0) is 4.74 Å². The molecule has 0 unspecified atom stereocenters. The fourth-order valence-corrected chi connectivity index (χ4v) is 2.64. The maximum atomic E-state index is 5.81. The predicted molar refractivity (Wildman–Crippen MR) is 70.1 cm³/mol. The van der Waals surface area contributed by atoms with Crippen LogP contribution in [0.2, 0.25) is 0 Å². The fraction of sp³-hybridized carbons (Fsp3) is 0.385. The molecule has 1 saturated heterocycles. The van der Waals surface area contributed by atoms with Crippen LogP contribution in [0, 0.1) is 0 Å². The SMILES string of the molecule is c1ccc2c(c1)OC[C@H](c1nnc(SC[C@H]3CO3)o1)O2. The van der Waals surface area contributed by atoms with E-state index in [2.05, 4.69) is 10.2 Å². The number of hydrogen-bond acceptors (Lipinski definition) is 7. The van der Waals surface area contributed by atoms with Crippen LogP contribution in [-0.4, -0.2) is 35.3 Å². The summed E-state index contributed by atoms with van der Waals surface area (Å²) in [5.41, 5.74) is 0. The number of hydrogen-bond donors (Lipinski definition) is 0. The molecule has 3 heterocycles. The lowest BCUT2D eigenvalue weighted by Gasteiger charge is -2.23. The Balaban J connectivity index is 1.45. The topological polar surface area (TPSA) is 69.9 Å². The highest BCUT2D eigenvalue weighted by atomic mass is 32.2. The monoisotopic (exact) mass is 292 g/mol. The molecule has 0 aliphatic carbocycles. The molecule has 1 aromatic carbocycles. The molecule has 0 radical (unpaired) electrons. The minimum Gasteiger partial charge on any atom is -0.485 e. The van der Waals surface area contributed by atoms with Crippen molar-refractivity contribution >= 4 is 11.8 Å². The van der Waals surface area contributed by atoms with Crippen LogP contribution in [0.1, 0.15) is 12.0 Å². The van der Waals surface area contributed by atoms with Crippen LogP contribution in [0.4, 0.5) is 0 Å². The van der Waals surface area contributed by atoms with Gasteiger partial charge in [0.25, 0.3) is 11.1 Å². The van der Waals surface area contributed by atoms with Crippen molar-refractivity contribution in [1.29, 1.82) is 0 Å². The highest BCUT2D eigenvalue weighted by Crippen LogP contribution is 2.36. The third kappa shape index (κ3) is 2.46. The van der Waals surface area contributed by atoms with Crippen molar-refractivity contribution in [3.05, 3.63) is 30.2 Å². The summed E-state index contributed by atoms with van der Waals surface area (Å²) in [6.45, 7) is 1.19. The smallest absolute Gasteiger partial charge is 0.276 e. The highest BCUT2D eigenvalue weighted by molar-refractivity contribution is 7.99. The zero-order valence-electron chi connectivity index (χ0n) is 10.5. The number of thioether (sulfide) groups is 1. The van der Waals surface area contributed by atoms with Crippen molar-refractivity contribution in [3.8, 4) is 11.5 Å². The summed E-state index contributed by atoms with van der Waals surface area (Å²) in [6, 6.07) is 7.54. The van der Waals surface area contributed by atoms with Gasteiger partial charge in [-0.15, -0.1) is 10.2 Å². The summed E-state index contributed by atoms with van der Waals surface area (Å²) in [7, 11) is 0. The average Bonchev–Trinajstić information content (AvgIpc) is 3.21. The molecule has 2 atom stereocenters. The Labute approximate surface area is 119 Å². The summed E-state index contributed by atoms with van der Waals surface area (Å²) in [5.74, 6) is 2.72. The molecule has 0 bridgehead atoms. The van der Waals surface area contributed by atoms with Gasteiger partial charge in [0.2, 0.25) is 6.10 Å². The molecule has 104 valence electrons. The second-order valence-corrected chi connectivity index (χ2v) is 5.51. The minimum atomic E-state index is -0.357. The van der Waals surface area contributed by atoms with E-state index in [-0.39, 0.29) is 6.10 Å². The number of ether oxygens (including phenoxy) is 3. The molecule has 0 saturated carbocycles. The van der Waals surface area contributed by atoms with Gasteiger partial charge in [-0.1, -0.05) is 23.9 Å². The molecule has 2 aliphatic rings. The highest BCUT2D eigenvalue weighted by Gasteiger charge is 2.28. The molecule has 20 heavy (non-hydrogen) atoms. The van der Waals surface area contributed by atoms with Crippen molar-refractivity contribution < 1.29 is 18.6 Å². The van der Waals surface area contributed by atoms with Gasteiger partial charge in [0.15, 0.2) is 11.5 Å². The number of fused-ring (bicyclic) bond motifs is 1. The van der Waals surface area contributed by atoms with Crippen LogP contribution in [0.5, 0.6) is 11.5 Å². The van der Waals surface area contributed by atoms with Crippen LogP contribution >= 0.6 is 11.8 Å². The average molecular weight is 292 g/mol. The van der Waals surface area contributed by atoms with E-state index in [1.807, 2.05) is 24.3 Å². The third-order valence-electron chi connectivity index (χ3n) is 3.00. The van der Waals surface area contributed by atoms with E-state index in [0.29, 0.717) is 29.6 Å². The van der Waals surface area contributed by atoms with Crippen molar-refractivity contribution in [3.63, 3.8) is 0 Å². The van der Waals surface area contributed by atoms with Gasteiger partial charge < -0.3 is 18.6 Å². The van der Waals surface area contributed by atoms with Crippen molar-refractivity contribution in [1.82, 2.24) is 10.2 Å². The van der Waals surface area contributed by atoms with Gasteiger partial charge in [0.1, 0.15) is 6.61 Å². The van der Waals surface area contributed by atoms with Gasteiger partial charge in [-0.05, 0) is 12.1 Å². The molecule has 1 fully saturated rings. The summed E-state index contributed by atoms with van der Waals surface area (Å²) in [5, 5.41) is 8.57. The maximum absolute atomic E-state index is 5.81. The van der Waals surface area contributed by atoms with Crippen LogP contribution in [0.15, 0.2) is 33.9 Å². The second kappa shape index (κ2) is 4.99. The Bertz CT molecular complexity index is 614. The lowest BCUT2D eigenvalue weighted by Crippen LogP contribution is -2.21. The molecule has 1 aromatic heterocycles. The van der Waals surface area contributed by atoms with E-state index in [0.717, 1.165) is 18.1 Å². The van der Waals surface area contributed by atoms with Crippen LogP contribution in [0.25, 0.3) is 0 Å². The van der Waals surface area contributed by atoms with E-state index in [1.165, 1.54) is 11.8 Å². The van der Waals surface area contributed by atoms with Gasteiger partial charge in [0, 0.05) is 5.75 Å². The number of nitrogens with zero attached hydrogens (tertiary/aromatic N) is 2. The van der Waals surface area contributed by atoms with E-state index >= 15 is 0 Å². The van der Waals surface area contributed by atoms with E-state index in [1.54, 1.807) is 0 Å². The van der Waals surface area contributed by atoms with Crippen molar-refractivity contribution in [2.75, 3.05) is 19.0 Å². The molecule has 0 N–H and O–H groups in total. The fourth-order valence-electron chi connectivity index (χ4n) is 1.88. The van der Waals surface area contributed by atoms with Gasteiger partial charge >= 0.3 is 0 Å². The second-order valence-electron chi connectivity index (χ2n) is 4.54. The van der Waals surface area contributed by atoms with E-state index < -0.39 is 0 Å². The quantitative estimate of drug-likeness (QED) is 0.631. The summed E-state index contributed by atoms with van der Waals surface area (Å²) in [4.78, 5) is 0.